The second kappa shape index (κ2) is 8.36. The Morgan fingerprint density at radius 2 is 2.04 bits per heavy atom. The van der Waals surface area contributed by atoms with Gasteiger partial charge in [0.25, 0.3) is 5.91 Å². The number of carbonyl (C=O) groups is 2. The summed E-state index contributed by atoms with van der Waals surface area (Å²) in [6.45, 7) is 0.500. The molecule has 1 aromatic heterocycles. The normalized spacial score (nSPS) is 16.7. The van der Waals surface area contributed by atoms with Gasteiger partial charge >= 0.3 is 0 Å². The number of thioether (sulfide) groups is 1. The second-order valence-corrected chi connectivity index (χ2v) is 7.10. The highest BCUT2D eigenvalue weighted by molar-refractivity contribution is 7.99. The van der Waals surface area contributed by atoms with Gasteiger partial charge in [0.1, 0.15) is 6.04 Å². The Balaban J connectivity index is 1.57. The van der Waals surface area contributed by atoms with E-state index in [9.17, 15) is 9.59 Å². The number of hydrogen-bond donors (Lipinski definition) is 1. The zero-order chi connectivity index (χ0) is 17.6. The van der Waals surface area contributed by atoms with Crippen molar-refractivity contribution in [1.29, 1.82) is 0 Å². The Kier molecular flexibility index (Phi) is 5.94. The second-order valence-electron chi connectivity index (χ2n) is 5.66. The van der Waals surface area contributed by atoms with Crippen LogP contribution in [0, 0.1) is 0 Å². The van der Waals surface area contributed by atoms with Crippen LogP contribution < -0.4 is 5.32 Å². The lowest BCUT2D eigenvalue weighted by molar-refractivity contribution is -0.124. The fourth-order valence-corrected chi connectivity index (χ4v) is 3.88. The Morgan fingerprint density at radius 1 is 1.24 bits per heavy atom. The smallest absolute Gasteiger partial charge is 0.255 e. The molecule has 3 rings (SSSR count). The minimum Gasteiger partial charge on any atom is -0.354 e. The van der Waals surface area contributed by atoms with Gasteiger partial charge in [0.15, 0.2) is 0 Å². The van der Waals surface area contributed by atoms with Gasteiger partial charge in [-0.25, -0.2) is 0 Å². The van der Waals surface area contributed by atoms with E-state index in [1.54, 1.807) is 47.1 Å². The Hall–Kier alpha value is -2.05. The lowest BCUT2D eigenvalue weighted by Crippen LogP contribution is -2.47. The van der Waals surface area contributed by atoms with Crippen molar-refractivity contribution in [2.45, 2.75) is 12.5 Å². The fourth-order valence-electron chi connectivity index (χ4n) is 2.60. The van der Waals surface area contributed by atoms with Crippen molar-refractivity contribution < 1.29 is 9.59 Å². The van der Waals surface area contributed by atoms with Gasteiger partial charge in [0, 0.05) is 41.2 Å². The first-order valence-electron chi connectivity index (χ1n) is 7.97. The molecule has 0 aliphatic carbocycles. The number of nitrogens with one attached hydrogen (secondary N) is 1. The lowest BCUT2D eigenvalue weighted by Gasteiger charge is -2.23. The summed E-state index contributed by atoms with van der Waals surface area (Å²) in [5.41, 5.74) is 1.47. The number of aromatic nitrogens is 1. The summed E-state index contributed by atoms with van der Waals surface area (Å²) in [7, 11) is 0. The van der Waals surface area contributed by atoms with Crippen LogP contribution in [0.2, 0.25) is 5.02 Å². The predicted octanol–water partition coefficient (Wildman–Crippen LogP) is 2.61. The number of rotatable bonds is 5. The van der Waals surface area contributed by atoms with E-state index in [2.05, 4.69) is 10.3 Å². The summed E-state index contributed by atoms with van der Waals surface area (Å²) in [6.07, 6.45) is 2.40. The topological polar surface area (TPSA) is 62.3 Å². The number of benzene rings is 1. The molecule has 1 N–H and O–H groups in total. The van der Waals surface area contributed by atoms with Gasteiger partial charge in [0.2, 0.25) is 5.91 Å². The highest BCUT2D eigenvalue weighted by atomic mass is 35.5. The maximum absolute atomic E-state index is 12.6. The van der Waals surface area contributed by atoms with Crippen LogP contribution in [0.15, 0.2) is 48.7 Å². The molecule has 0 bridgehead atoms. The quantitative estimate of drug-likeness (QED) is 0.872. The van der Waals surface area contributed by atoms with Crippen LogP contribution in [0.25, 0.3) is 0 Å². The van der Waals surface area contributed by atoms with Crippen LogP contribution in [0.5, 0.6) is 0 Å². The molecule has 1 saturated heterocycles. The Bertz CT molecular complexity index is 740. The maximum atomic E-state index is 12.6. The lowest BCUT2D eigenvalue weighted by atomic mass is 10.1. The molecule has 2 amide bonds. The molecule has 25 heavy (non-hydrogen) atoms. The predicted molar refractivity (Wildman–Crippen MR) is 99.7 cm³/mol. The molecule has 0 spiro atoms. The number of nitrogens with zero attached hydrogens (tertiary/aromatic N) is 2. The number of pyridine rings is 1. The van der Waals surface area contributed by atoms with Crippen molar-refractivity contribution in [2.24, 2.45) is 0 Å². The molecule has 2 aromatic rings. The summed E-state index contributed by atoms with van der Waals surface area (Å²) in [4.78, 5) is 31.0. The van der Waals surface area contributed by atoms with Crippen molar-refractivity contribution in [3.8, 4) is 0 Å². The zero-order valence-electron chi connectivity index (χ0n) is 13.5. The van der Waals surface area contributed by atoms with E-state index in [-0.39, 0.29) is 11.8 Å². The van der Waals surface area contributed by atoms with Crippen molar-refractivity contribution in [2.75, 3.05) is 18.2 Å². The van der Waals surface area contributed by atoms with E-state index in [1.165, 1.54) is 0 Å². The Morgan fingerprint density at radius 3 is 2.76 bits per heavy atom. The van der Waals surface area contributed by atoms with Gasteiger partial charge in [-0.05, 0) is 36.4 Å². The summed E-state index contributed by atoms with van der Waals surface area (Å²) in [5, 5.41) is 3.49. The zero-order valence-corrected chi connectivity index (χ0v) is 15.1. The fraction of sp³-hybridized carbons (Fsp3) is 0.278. The van der Waals surface area contributed by atoms with Crippen LogP contribution in [0.1, 0.15) is 16.1 Å². The standard InChI is InChI=1S/C18H18ClN3O2S/c19-14-6-4-13(5-7-14)18(24)22-12-25-11-16(22)17(23)21-10-8-15-3-1-2-9-20-15/h1-7,9,16H,8,10-12H2,(H,21,23). The molecule has 2 heterocycles. The van der Waals surface area contributed by atoms with E-state index in [4.69, 9.17) is 11.6 Å². The number of hydrogen-bond acceptors (Lipinski definition) is 4. The van der Waals surface area contributed by atoms with Crippen LogP contribution in [0.3, 0.4) is 0 Å². The molecule has 130 valence electrons. The van der Waals surface area contributed by atoms with Crippen LogP contribution in [-0.2, 0) is 11.2 Å². The summed E-state index contributed by atoms with van der Waals surface area (Å²) in [6, 6.07) is 12.0. The molecule has 1 aromatic carbocycles. The monoisotopic (exact) mass is 375 g/mol. The van der Waals surface area contributed by atoms with Gasteiger partial charge in [-0.1, -0.05) is 17.7 Å². The van der Waals surface area contributed by atoms with Crippen LogP contribution >= 0.6 is 23.4 Å². The van der Waals surface area contributed by atoms with E-state index in [1.807, 2.05) is 18.2 Å². The number of halogens is 1. The van der Waals surface area contributed by atoms with Gasteiger partial charge in [0.05, 0.1) is 5.88 Å². The minimum absolute atomic E-state index is 0.122. The first-order valence-corrected chi connectivity index (χ1v) is 9.50. The molecule has 1 atom stereocenters. The van der Waals surface area contributed by atoms with Gasteiger partial charge in [-0.3, -0.25) is 14.6 Å². The van der Waals surface area contributed by atoms with Crippen molar-refractivity contribution in [3.05, 3.63) is 64.9 Å². The summed E-state index contributed by atoms with van der Waals surface area (Å²) in [5.74, 6) is 0.851. The Labute approximate surface area is 155 Å². The van der Waals surface area contributed by atoms with Gasteiger partial charge in [-0.2, -0.15) is 0 Å². The molecule has 0 radical (unpaired) electrons. The van der Waals surface area contributed by atoms with E-state index in [0.717, 1.165) is 5.69 Å². The average molecular weight is 376 g/mol. The molecule has 1 unspecified atom stereocenters. The number of carbonyl (C=O) groups excluding carboxylic acids is 2. The first-order chi connectivity index (χ1) is 12.1. The van der Waals surface area contributed by atoms with Gasteiger partial charge in [-0.15, -0.1) is 11.8 Å². The van der Waals surface area contributed by atoms with Crippen molar-refractivity contribution >= 4 is 35.2 Å². The summed E-state index contributed by atoms with van der Waals surface area (Å²) >= 11 is 7.45. The highest BCUT2D eigenvalue weighted by Crippen LogP contribution is 2.24. The van der Waals surface area contributed by atoms with Crippen LogP contribution in [0.4, 0.5) is 0 Å². The van der Waals surface area contributed by atoms with Gasteiger partial charge < -0.3 is 10.2 Å². The van der Waals surface area contributed by atoms with E-state index >= 15 is 0 Å². The molecular formula is C18H18ClN3O2S. The largest absolute Gasteiger partial charge is 0.354 e. The van der Waals surface area contributed by atoms with E-state index < -0.39 is 6.04 Å². The third kappa shape index (κ3) is 4.52. The average Bonchev–Trinajstić information content (AvgIpc) is 3.12. The highest BCUT2D eigenvalue weighted by Gasteiger charge is 2.34. The number of amides is 2. The first kappa shape index (κ1) is 17.8. The van der Waals surface area contributed by atoms with Crippen molar-refractivity contribution in [1.82, 2.24) is 15.2 Å². The summed E-state index contributed by atoms with van der Waals surface area (Å²) < 4.78 is 0. The van der Waals surface area contributed by atoms with Crippen LogP contribution in [-0.4, -0.2) is 45.9 Å². The van der Waals surface area contributed by atoms with E-state index in [0.29, 0.717) is 35.2 Å². The molecule has 1 aliphatic rings. The SMILES string of the molecule is O=C(NCCc1ccccn1)C1CSCN1C(=O)c1ccc(Cl)cc1. The molecule has 7 heteroatoms. The molecule has 5 nitrogen and oxygen atoms in total. The maximum Gasteiger partial charge on any atom is 0.255 e. The minimum atomic E-state index is -0.447. The molecular weight excluding hydrogens is 358 g/mol. The molecule has 1 aliphatic heterocycles. The third-order valence-corrected chi connectivity index (χ3v) is 5.21. The van der Waals surface area contributed by atoms with Crippen molar-refractivity contribution in [3.63, 3.8) is 0 Å². The third-order valence-electron chi connectivity index (χ3n) is 3.94. The molecule has 1 fully saturated rings. The molecule has 0 saturated carbocycles.